The maximum absolute atomic E-state index is 12.6. The summed E-state index contributed by atoms with van der Waals surface area (Å²) in [5.41, 5.74) is 3.63. The molecule has 0 bridgehead atoms. The second-order valence-electron chi connectivity index (χ2n) is 6.75. The van der Waals surface area contributed by atoms with Gasteiger partial charge in [-0.1, -0.05) is 72.8 Å². The van der Waals surface area contributed by atoms with Gasteiger partial charge in [0.2, 0.25) is 0 Å². The lowest BCUT2D eigenvalue weighted by atomic mass is 10.1. The molecule has 1 heterocycles. The quantitative estimate of drug-likeness (QED) is 0.583. The Hall–Kier alpha value is -3.40. The number of pyridine rings is 1. The molecule has 0 fully saturated rings. The summed E-state index contributed by atoms with van der Waals surface area (Å²) in [7, 11) is 1.69. The van der Waals surface area contributed by atoms with Gasteiger partial charge in [-0.25, -0.2) is 0 Å². The smallest absolute Gasteiger partial charge is 0.263 e. The molecule has 4 nitrogen and oxygen atoms in total. The van der Waals surface area contributed by atoms with Crippen LogP contribution in [0.25, 0.3) is 6.08 Å². The van der Waals surface area contributed by atoms with Crippen LogP contribution in [-0.4, -0.2) is 17.4 Å². The summed E-state index contributed by atoms with van der Waals surface area (Å²) in [5.74, 6) is 0. The van der Waals surface area contributed by atoms with Gasteiger partial charge in [-0.05, 0) is 24.1 Å². The third-order valence-electron chi connectivity index (χ3n) is 4.80. The topological polar surface area (TPSA) is 42.3 Å². The lowest BCUT2D eigenvalue weighted by molar-refractivity contribution is 0.112. The molecule has 1 aromatic heterocycles. The normalized spacial score (nSPS) is 10.9. The van der Waals surface area contributed by atoms with E-state index in [-0.39, 0.29) is 11.1 Å². The average Bonchev–Trinajstić information content (AvgIpc) is 2.72. The number of aldehydes is 1. The zero-order valence-corrected chi connectivity index (χ0v) is 16.2. The van der Waals surface area contributed by atoms with Gasteiger partial charge in [0.1, 0.15) is 5.56 Å². The maximum Gasteiger partial charge on any atom is 0.263 e. The number of hydrogen-bond donors (Lipinski definition) is 0. The Bertz CT molecular complexity index is 1020. The number of nitrogens with zero attached hydrogens (tertiary/aromatic N) is 2. The van der Waals surface area contributed by atoms with E-state index in [0.717, 1.165) is 16.8 Å². The molecule has 2 aromatic carbocycles. The van der Waals surface area contributed by atoms with E-state index >= 15 is 0 Å². The molecule has 142 valence electrons. The van der Waals surface area contributed by atoms with Crippen molar-refractivity contribution in [2.75, 3.05) is 11.4 Å². The fraction of sp³-hybridized carbons (Fsp3) is 0.167. The van der Waals surface area contributed by atoms with Crippen LogP contribution in [0.1, 0.15) is 27.2 Å². The van der Waals surface area contributed by atoms with Crippen LogP contribution in [0.2, 0.25) is 0 Å². The number of benzene rings is 2. The van der Waals surface area contributed by atoms with Crippen LogP contribution < -0.4 is 10.5 Å². The predicted molar refractivity (Wildman–Crippen MR) is 115 cm³/mol. The molecule has 0 aliphatic carbocycles. The molecule has 0 aliphatic heterocycles. The molecule has 0 amide bonds. The molecular weight excluding hydrogens is 348 g/mol. The Morgan fingerprint density at radius 1 is 1.00 bits per heavy atom. The molecule has 0 spiro atoms. The van der Waals surface area contributed by atoms with E-state index in [9.17, 15) is 9.59 Å². The van der Waals surface area contributed by atoms with Gasteiger partial charge < -0.3 is 9.47 Å². The summed E-state index contributed by atoms with van der Waals surface area (Å²) in [6, 6.07) is 22.0. The lowest BCUT2D eigenvalue weighted by Crippen LogP contribution is -2.30. The Morgan fingerprint density at radius 2 is 1.64 bits per heavy atom. The monoisotopic (exact) mass is 372 g/mol. The van der Waals surface area contributed by atoms with Crippen molar-refractivity contribution in [2.24, 2.45) is 7.05 Å². The van der Waals surface area contributed by atoms with E-state index in [2.05, 4.69) is 11.0 Å². The number of aryl methyl sites for hydroxylation is 1. The number of aromatic nitrogens is 1. The van der Waals surface area contributed by atoms with Crippen LogP contribution in [-0.2, 0) is 13.6 Å². The van der Waals surface area contributed by atoms with E-state index < -0.39 is 0 Å². The second kappa shape index (κ2) is 9.00. The SMILES string of the molecule is Cc1cc(N(C/C=C/c2ccccc2)Cc2ccccc2)c(C=O)c(=O)n1C. The highest BCUT2D eigenvalue weighted by atomic mass is 16.1. The zero-order chi connectivity index (χ0) is 19.9. The van der Waals surface area contributed by atoms with E-state index in [1.807, 2.05) is 79.7 Å². The second-order valence-corrected chi connectivity index (χ2v) is 6.75. The average molecular weight is 372 g/mol. The predicted octanol–water partition coefficient (Wildman–Crippen LogP) is 4.23. The molecule has 0 atom stereocenters. The summed E-state index contributed by atoms with van der Waals surface area (Å²) in [6.07, 6.45) is 4.77. The third kappa shape index (κ3) is 4.46. The van der Waals surface area contributed by atoms with Crippen molar-refractivity contribution in [3.05, 3.63) is 106 Å². The number of anilines is 1. The summed E-state index contributed by atoms with van der Waals surface area (Å²) in [5, 5.41) is 0. The van der Waals surface area contributed by atoms with Crippen molar-refractivity contribution >= 4 is 18.0 Å². The minimum absolute atomic E-state index is 0.192. The minimum atomic E-state index is -0.268. The Balaban J connectivity index is 1.98. The molecule has 3 rings (SSSR count). The molecule has 0 saturated carbocycles. The maximum atomic E-state index is 12.6. The first-order valence-electron chi connectivity index (χ1n) is 9.26. The third-order valence-corrected chi connectivity index (χ3v) is 4.80. The number of carbonyl (C=O) groups excluding carboxylic acids is 1. The van der Waals surface area contributed by atoms with E-state index in [1.54, 1.807) is 7.05 Å². The standard InChI is InChI=1S/C24H24N2O2/c1-19-16-23(22(18-27)24(28)25(19)2)26(17-21-12-7-4-8-13-21)15-9-14-20-10-5-3-6-11-20/h3-14,16,18H,15,17H2,1-2H3/b14-9+. The highest BCUT2D eigenvalue weighted by molar-refractivity contribution is 5.84. The number of carbonyl (C=O) groups is 1. The fourth-order valence-electron chi connectivity index (χ4n) is 3.13. The first-order valence-corrected chi connectivity index (χ1v) is 9.26. The number of rotatable bonds is 7. The van der Waals surface area contributed by atoms with Crippen molar-refractivity contribution in [3.8, 4) is 0 Å². The molecule has 0 unspecified atom stereocenters. The van der Waals surface area contributed by atoms with Gasteiger partial charge in [-0.15, -0.1) is 0 Å². The molecule has 4 heteroatoms. The van der Waals surface area contributed by atoms with Crippen molar-refractivity contribution < 1.29 is 4.79 Å². The van der Waals surface area contributed by atoms with Crippen LogP contribution in [0.5, 0.6) is 0 Å². The van der Waals surface area contributed by atoms with Gasteiger partial charge >= 0.3 is 0 Å². The van der Waals surface area contributed by atoms with Gasteiger partial charge in [0.25, 0.3) is 5.56 Å². The highest BCUT2D eigenvalue weighted by Gasteiger charge is 2.16. The Kier molecular flexibility index (Phi) is 6.22. The molecular formula is C24H24N2O2. The van der Waals surface area contributed by atoms with Crippen molar-refractivity contribution in [3.63, 3.8) is 0 Å². The van der Waals surface area contributed by atoms with E-state index in [1.165, 1.54) is 4.57 Å². The summed E-state index contributed by atoms with van der Waals surface area (Å²) >= 11 is 0. The van der Waals surface area contributed by atoms with Crippen molar-refractivity contribution in [1.29, 1.82) is 0 Å². The van der Waals surface area contributed by atoms with Crippen LogP contribution >= 0.6 is 0 Å². The molecule has 0 N–H and O–H groups in total. The molecule has 0 aliphatic rings. The van der Waals surface area contributed by atoms with Gasteiger partial charge in [-0.2, -0.15) is 0 Å². The zero-order valence-electron chi connectivity index (χ0n) is 16.2. The van der Waals surface area contributed by atoms with Crippen LogP contribution in [0.4, 0.5) is 5.69 Å². The minimum Gasteiger partial charge on any atom is -0.363 e. The van der Waals surface area contributed by atoms with Gasteiger partial charge in [0.15, 0.2) is 6.29 Å². The molecule has 0 saturated heterocycles. The van der Waals surface area contributed by atoms with Gasteiger partial charge in [0.05, 0.1) is 5.69 Å². The summed E-state index contributed by atoms with van der Waals surface area (Å²) in [4.78, 5) is 26.3. The van der Waals surface area contributed by atoms with Crippen LogP contribution in [0.15, 0.2) is 77.6 Å². The van der Waals surface area contributed by atoms with Gasteiger partial charge in [-0.3, -0.25) is 9.59 Å². The first kappa shape index (κ1) is 19.4. The van der Waals surface area contributed by atoms with Crippen LogP contribution in [0, 0.1) is 6.92 Å². The molecule has 3 aromatic rings. The van der Waals surface area contributed by atoms with Gasteiger partial charge in [0, 0.05) is 25.8 Å². The largest absolute Gasteiger partial charge is 0.363 e. The summed E-state index contributed by atoms with van der Waals surface area (Å²) < 4.78 is 1.51. The van der Waals surface area contributed by atoms with E-state index in [4.69, 9.17) is 0 Å². The van der Waals surface area contributed by atoms with Crippen molar-refractivity contribution in [1.82, 2.24) is 4.57 Å². The first-order chi connectivity index (χ1) is 13.6. The van der Waals surface area contributed by atoms with Crippen LogP contribution in [0.3, 0.4) is 0 Å². The van der Waals surface area contributed by atoms with Crippen molar-refractivity contribution in [2.45, 2.75) is 13.5 Å². The Labute approximate surface area is 165 Å². The number of hydrogen-bond acceptors (Lipinski definition) is 3. The molecule has 0 radical (unpaired) electrons. The lowest BCUT2D eigenvalue weighted by Gasteiger charge is -2.26. The fourth-order valence-corrected chi connectivity index (χ4v) is 3.13. The Morgan fingerprint density at radius 3 is 2.29 bits per heavy atom. The molecule has 28 heavy (non-hydrogen) atoms. The highest BCUT2D eigenvalue weighted by Crippen LogP contribution is 2.21. The summed E-state index contributed by atoms with van der Waals surface area (Å²) in [6.45, 7) is 3.06. The van der Waals surface area contributed by atoms with E-state index in [0.29, 0.717) is 25.1 Å².